The maximum atomic E-state index is 13.2. The van der Waals surface area contributed by atoms with Gasteiger partial charge in [-0.1, -0.05) is 130 Å². The van der Waals surface area contributed by atoms with Gasteiger partial charge in [0.05, 0.1) is 76.3 Å². The van der Waals surface area contributed by atoms with E-state index in [1.54, 1.807) is 124 Å². The molecule has 3 aliphatic rings. The van der Waals surface area contributed by atoms with Crippen LogP contribution in [0, 0.1) is 0 Å². The Bertz CT molecular complexity index is 5970. The number of aromatic amines is 1. The largest absolute Gasteiger partial charge is 0.507 e. The number of aromatic nitrogens is 2. The minimum atomic E-state index is -3.62. The standard InChI is InChI=1S/C29H24Cl2N2O6.C27H23Cl2N3O6S.C26H22Cl2N4O7S/c30-22-12-20-14-33(28(36)19-5-4-18-7-9-39-24(18)13-19)8-6-21(20)26(31)25(22)27(35)32-23(29(37)38)11-16-2-1-3-17(10-16)15-34;28-18-12-16-14-32(22(34)8-7-15-4-1-2-5-20(15)33)10-9-17(16)24(29)23(18)26(36)31-19(27(37)38)13-30-25(35)21-6-3-11-39-21;1-40(37,38)21-5-4-16(39-21)10-20(26(35)36)30-24(33)22-18(27)8-15-12-32(7-6-17(15)23(22)28)25(34)13-2-3-14-11-29-31-19(14)9-13/h1-5,7,9-10,12-13,23,34H,6,8,11,14-15H2,(H,32,35)(H,37,38);1-8,11-12,19,33H,9-10,13-14H2,(H,30,35)(H,31,36)(H,37,38);2-5,8-9,11,20H,6-7,10,12H2,1H3,(H,29,31)(H,30,33)(H,35,36)/b;8-7+;/t23-;19-;20-/m000/s1. The van der Waals surface area contributed by atoms with Crippen LogP contribution in [0.4, 0.5) is 0 Å². The molecule has 11 aromatic rings. The van der Waals surface area contributed by atoms with Crippen molar-refractivity contribution in [2.45, 2.75) is 81.6 Å². The molecule has 7 aromatic carbocycles. The Morgan fingerprint density at radius 3 is 1.64 bits per heavy atom. The average Bonchev–Trinajstić information content (AvgIpc) is 0.955. The highest BCUT2D eigenvalue weighted by Gasteiger charge is 2.35. The van der Waals surface area contributed by atoms with E-state index in [0.717, 1.165) is 28.1 Å². The minimum absolute atomic E-state index is 0.00191. The summed E-state index contributed by atoms with van der Waals surface area (Å²) in [7, 11) is -3.62. The van der Waals surface area contributed by atoms with Crippen LogP contribution in [0.3, 0.4) is 0 Å². The Hall–Kier alpha value is -11.6. The number of phenolic OH excluding ortho intramolecular Hbond substituents is 1. The number of H-pyrrole nitrogens is 1. The van der Waals surface area contributed by atoms with Gasteiger partial charge in [-0.05, 0) is 148 Å². The van der Waals surface area contributed by atoms with Crippen LogP contribution < -0.4 is 21.3 Å². The van der Waals surface area contributed by atoms with Crippen molar-refractivity contribution in [2.24, 2.45) is 0 Å². The number of furan rings is 2. The van der Waals surface area contributed by atoms with Gasteiger partial charge in [-0.2, -0.15) is 5.10 Å². The SMILES string of the molecule is CS(=O)(=O)c1ccc(C[C@H](NC(=O)c2c(Cl)cc3c(c2Cl)CCN(C(=O)c2ccc4cn[nH]c4c2)C3)C(=O)O)o1.O=C(NC[C@H](NC(=O)c1c(Cl)cc2c(c1Cl)CCN(C(=O)/C=C/c1ccccc1O)C2)C(=O)O)c1cccs1.O=C(N[C@@H](Cc1cccc(CO)c1)C(=O)O)c1c(Cl)cc2c(c1Cl)CCN(C(=O)c1ccc3ccoc3c1)C2. The van der Waals surface area contributed by atoms with E-state index in [0.29, 0.717) is 105 Å². The summed E-state index contributed by atoms with van der Waals surface area (Å²) >= 11 is 40.4. The number of hydrogen-bond donors (Lipinski definition) is 10. The zero-order valence-corrected chi connectivity index (χ0v) is 68.0. The first-order valence-corrected chi connectivity index (χ1v) is 41.0. The number of nitrogens with one attached hydrogen (secondary N) is 5. The highest BCUT2D eigenvalue weighted by molar-refractivity contribution is 7.90. The van der Waals surface area contributed by atoms with Crippen molar-refractivity contribution in [1.29, 1.82) is 0 Å². The molecular formula is C82H69Cl6N9O19S2. The summed E-state index contributed by atoms with van der Waals surface area (Å²) in [6.45, 7) is 1.19. The normalized spacial score (nSPS) is 13.8. The number of aliphatic carboxylic acids is 3. The third-order valence-electron chi connectivity index (χ3n) is 19.6. The smallest absolute Gasteiger partial charge is 0.328 e. The number of nitrogens with zero attached hydrogens (tertiary/aromatic N) is 4. The Labute approximate surface area is 705 Å². The van der Waals surface area contributed by atoms with Crippen LogP contribution in [0.5, 0.6) is 5.75 Å². The van der Waals surface area contributed by atoms with Gasteiger partial charge in [0.2, 0.25) is 20.8 Å². The third kappa shape index (κ3) is 20.0. The Kier molecular flexibility index (Phi) is 27.2. The van der Waals surface area contributed by atoms with Gasteiger partial charge >= 0.3 is 17.9 Å². The molecular weight excluding hydrogens is 1690 g/mol. The van der Waals surface area contributed by atoms with Crippen molar-refractivity contribution in [3.05, 3.63) is 276 Å². The van der Waals surface area contributed by atoms with Crippen molar-refractivity contribution in [3.8, 4) is 5.75 Å². The van der Waals surface area contributed by atoms with Crippen molar-refractivity contribution in [1.82, 2.24) is 46.2 Å². The van der Waals surface area contributed by atoms with E-state index in [1.165, 1.54) is 47.8 Å². The number of amides is 7. The molecule has 3 aliphatic heterocycles. The van der Waals surface area contributed by atoms with Crippen molar-refractivity contribution < 1.29 is 90.7 Å². The molecule has 28 nitrogen and oxygen atoms in total. The van der Waals surface area contributed by atoms with Crippen molar-refractivity contribution in [3.63, 3.8) is 0 Å². The number of carbonyl (C=O) groups is 10. The molecule has 118 heavy (non-hydrogen) atoms. The van der Waals surface area contributed by atoms with Gasteiger partial charge < -0.3 is 70.3 Å². The fourth-order valence-electron chi connectivity index (χ4n) is 13.5. The number of fused-ring (bicyclic) bond motifs is 5. The van der Waals surface area contributed by atoms with E-state index in [1.807, 2.05) is 18.2 Å². The fraction of sp³-hybridized carbons (Fsp3) is 0.207. The quantitative estimate of drug-likeness (QED) is 0.0282. The summed E-state index contributed by atoms with van der Waals surface area (Å²) in [6.07, 6.45) is 7.90. The number of para-hydroxylation sites is 1. The van der Waals surface area contributed by atoms with E-state index in [4.69, 9.17) is 78.4 Å². The summed E-state index contributed by atoms with van der Waals surface area (Å²) < 4.78 is 33.9. The fourth-order valence-corrected chi connectivity index (χ4v) is 17.0. The molecule has 10 N–H and O–H groups in total. The maximum Gasteiger partial charge on any atom is 0.328 e. The number of rotatable bonds is 22. The maximum absolute atomic E-state index is 13.2. The number of thiophene rings is 1. The number of aromatic hydroxyl groups is 1. The number of aliphatic hydroxyl groups is 1. The number of aliphatic hydroxyl groups excluding tert-OH is 1. The highest BCUT2D eigenvalue weighted by Crippen LogP contribution is 2.39. The van der Waals surface area contributed by atoms with Gasteiger partial charge in [0.25, 0.3) is 35.4 Å². The second-order valence-corrected chi connectivity index (χ2v) is 32.7. The number of carboxylic acid groups (broad SMARTS) is 3. The molecule has 0 unspecified atom stereocenters. The van der Waals surface area contributed by atoms with Gasteiger partial charge in [-0.25, -0.2) is 22.8 Å². The molecule has 0 spiro atoms. The van der Waals surface area contributed by atoms with E-state index in [9.17, 15) is 81.9 Å². The zero-order chi connectivity index (χ0) is 84.6. The molecule has 610 valence electrons. The molecule has 0 radical (unpaired) electrons. The molecule has 7 amide bonds. The molecule has 0 fully saturated rings. The lowest BCUT2D eigenvalue weighted by Gasteiger charge is -2.30. The molecule has 0 aliphatic carbocycles. The molecule has 36 heteroatoms. The molecule has 0 saturated heterocycles. The first-order chi connectivity index (χ1) is 56.3. The van der Waals surface area contributed by atoms with Crippen LogP contribution in [-0.4, -0.2) is 169 Å². The van der Waals surface area contributed by atoms with Gasteiger partial charge in [-0.15, -0.1) is 11.3 Å². The van der Waals surface area contributed by atoms with Crippen LogP contribution >= 0.6 is 80.9 Å². The van der Waals surface area contributed by atoms with E-state index < -0.39 is 69.5 Å². The molecule has 14 rings (SSSR count). The molecule has 4 aromatic heterocycles. The first kappa shape index (κ1) is 85.8. The highest BCUT2D eigenvalue weighted by atomic mass is 35.5. The van der Waals surface area contributed by atoms with E-state index in [2.05, 4.69) is 31.5 Å². The summed E-state index contributed by atoms with van der Waals surface area (Å²) in [5.41, 5.74) is 8.01. The van der Waals surface area contributed by atoms with Gasteiger partial charge in [0.1, 0.15) is 35.2 Å². The lowest BCUT2D eigenvalue weighted by molar-refractivity contribution is -0.140. The van der Waals surface area contributed by atoms with Crippen LogP contribution in [0.1, 0.15) is 117 Å². The van der Waals surface area contributed by atoms with Gasteiger partial charge in [0.15, 0.2) is 0 Å². The number of halogens is 6. The Morgan fingerprint density at radius 1 is 0.576 bits per heavy atom. The average molecular weight is 1760 g/mol. The van der Waals surface area contributed by atoms with Crippen molar-refractivity contribution >= 4 is 178 Å². The predicted octanol–water partition coefficient (Wildman–Crippen LogP) is 12.3. The van der Waals surface area contributed by atoms with Crippen LogP contribution in [0.15, 0.2) is 171 Å². The lowest BCUT2D eigenvalue weighted by atomic mass is 9.95. The molecule has 0 saturated carbocycles. The molecule has 7 heterocycles. The second-order valence-electron chi connectivity index (χ2n) is 27.4. The lowest BCUT2D eigenvalue weighted by Crippen LogP contribution is -2.48. The first-order valence-electron chi connectivity index (χ1n) is 36.0. The summed E-state index contributed by atoms with van der Waals surface area (Å²) in [5.74, 6) is -7.19. The van der Waals surface area contributed by atoms with E-state index >= 15 is 0 Å². The monoisotopic (exact) mass is 1760 g/mol. The van der Waals surface area contributed by atoms with Crippen LogP contribution in [0.25, 0.3) is 27.9 Å². The zero-order valence-electron chi connectivity index (χ0n) is 61.8. The van der Waals surface area contributed by atoms with Gasteiger partial charge in [-0.3, -0.25) is 38.7 Å². The Morgan fingerprint density at radius 2 is 1.10 bits per heavy atom. The molecule has 3 atom stereocenters. The number of hydrogen-bond acceptors (Lipinski definition) is 18. The van der Waals surface area contributed by atoms with Crippen LogP contribution in [-0.2, 0) is 87.4 Å². The summed E-state index contributed by atoms with van der Waals surface area (Å²) in [6, 6.07) is 32.3. The minimum Gasteiger partial charge on any atom is -0.507 e. The number of sulfone groups is 1. The predicted molar refractivity (Wildman–Crippen MR) is 440 cm³/mol. The van der Waals surface area contributed by atoms with Gasteiger partial charge in [0, 0.05) is 98.4 Å². The van der Waals surface area contributed by atoms with E-state index in [-0.39, 0.29) is 127 Å². The number of phenols is 1. The van der Waals surface area contributed by atoms with Crippen LogP contribution in [0.2, 0.25) is 30.1 Å². The second kappa shape index (κ2) is 37.4. The Balaban J connectivity index is 0.000000163. The topological polar surface area (TPSA) is 419 Å². The number of benzene rings is 7. The summed E-state index contributed by atoms with van der Waals surface area (Å²) in [4.78, 5) is 132. The number of carbonyl (C=O) groups excluding carboxylic acids is 7. The van der Waals surface area contributed by atoms with Crippen molar-refractivity contribution in [2.75, 3.05) is 32.4 Å². The third-order valence-corrected chi connectivity index (χ3v) is 23.5. The summed E-state index contributed by atoms with van der Waals surface area (Å²) in [5, 5.41) is 68.4. The number of carboxylic acids is 3. The molecule has 0 bridgehead atoms.